The highest BCUT2D eigenvalue weighted by Crippen LogP contribution is 2.21. The Morgan fingerprint density at radius 3 is 2.73 bits per heavy atom. The number of rotatable bonds is 5. The largest absolute Gasteiger partial charge is 0.393 e. The number of hydrogen-bond donors (Lipinski definition) is 1. The van der Waals surface area contributed by atoms with Crippen LogP contribution in [-0.2, 0) is 4.74 Å². The molecule has 3 heteroatoms. The molecule has 0 aromatic carbocycles. The van der Waals surface area contributed by atoms with Gasteiger partial charge in [-0.3, -0.25) is 0 Å². The number of ether oxygens (including phenoxy) is 1. The molecule has 0 amide bonds. The fraction of sp³-hybridized carbons (Fsp3) is 1.00. The molecule has 1 rings (SSSR count). The summed E-state index contributed by atoms with van der Waals surface area (Å²) in [7, 11) is 2.13. The first-order valence-electron chi connectivity index (χ1n) is 6.09. The number of aliphatic hydroxyl groups is 1. The van der Waals surface area contributed by atoms with Crippen molar-refractivity contribution in [2.45, 2.75) is 57.8 Å². The third kappa shape index (κ3) is 4.96. The predicted octanol–water partition coefficient (Wildman–Crippen LogP) is 1.65. The zero-order chi connectivity index (χ0) is 11.3. The van der Waals surface area contributed by atoms with Crippen molar-refractivity contribution in [3.8, 4) is 0 Å². The Balaban J connectivity index is 2.17. The van der Waals surface area contributed by atoms with E-state index in [4.69, 9.17) is 4.74 Å². The van der Waals surface area contributed by atoms with Crippen molar-refractivity contribution in [3.05, 3.63) is 0 Å². The highest BCUT2D eigenvalue weighted by Gasteiger charge is 2.22. The third-order valence-electron chi connectivity index (χ3n) is 3.14. The highest BCUT2D eigenvalue weighted by molar-refractivity contribution is 4.78. The fourth-order valence-electron chi connectivity index (χ4n) is 2.15. The van der Waals surface area contributed by atoms with Gasteiger partial charge in [0.05, 0.1) is 18.8 Å². The van der Waals surface area contributed by atoms with Crippen LogP contribution >= 0.6 is 0 Å². The molecule has 0 saturated heterocycles. The van der Waals surface area contributed by atoms with Gasteiger partial charge in [0.2, 0.25) is 0 Å². The summed E-state index contributed by atoms with van der Waals surface area (Å²) >= 11 is 0. The zero-order valence-corrected chi connectivity index (χ0v) is 10.3. The Kier molecular flexibility index (Phi) is 5.58. The van der Waals surface area contributed by atoms with E-state index in [2.05, 4.69) is 25.8 Å². The van der Waals surface area contributed by atoms with Gasteiger partial charge >= 0.3 is 0 Å². The van der Waals surface area contributed by atoms with Crippen LogP contribution in [0.25, 0.3) is 0 Å². The number of likely N-dealkylation sites (N-methyl/N-ethyl adjacent to an activating group) is 1. The summed E-state index contributed by atoms with van der Waals surface area (Å²) in [6.07, 6.45) is 4.51. The number of hydrogen-bond acceptors (Lipinski definition) is 3. The molecule has 1 fully saturated rings. The molecular weight excluding hydrogens is 190 g/mol. The van der Waals surface area contributed by atoms with Crippen molar-refractivity contribution >= 4 is 0 Å². The second-order valence-corrected chi connectivity index (χ2v) is 4.87. The maximum atomic E-state index is 9.58. The minimum Gasteiger partial charge on any atom is -0.393 e. The van der Waals surface area contributed by atoms with Crippen LogP contribution in [0.4, 0.5) is 0 Å². The SMILES string of the molecule is CC(C)OCCN(C)C1CCCC(O)C1. The van der Waals surface area contributed by atoms with E-state index in [0.717, 1.165) is 32.4 Å². The Hall–Kier alpha value is -0.120. The van der Waals surface area contributed by atoms with Crippen molar-refractivity contribution in [3.63, 3.8) is 0 Å². The van der Waals surface area contributed by atoms with E-state index in [9.17, 15) is 5.11 Å². The smallest absolute Gasteiger partial charge is 0.0596 e. The summed E-state index contributed by atoms with van der Waals surface area (Å²) < 4.78 is 5.53. The maximum absolute atomic E-state index is 9.58. The lowest BCUT2D eigenvalue weighted by Crippen LogP contribution is -2.39. The molecule has 1 saturated carbocycles. The van der Waals surface area contributed by atoms with Crippen molar-refractivity contribution in [1.82, 2.24) is 4.90 Å². The Morgan fingerprint density at radius 2 is 2.13 bits per heavy atom. The molecular formula is C12H25NO2. The van der Waals surface area contributed by atoms with E-state index < -0.39 is 0 Å². The molecule has 0 aliphatic heterocycles. The minimum absolute atomic E-state index is 0.0859. The summed E-state index contributed by atoms with van der Waals surface area (Å²) in [5.41, 5.74) is 0. The van der Waals surface area contributed by atoms with Crippen LogP contribution < -0.4 is 0 Å². The molecule has 90 valence electrons. The van der Waals surface area contributed by atoms with Gasteiger partial charge in [-0.25, -0.2) is 0 Å². The first-order valence-corrected chi connectivity index (χ1v) is 6.09. The second-order valence-electron chi connectivity index (χ2n) is 4.87. The van der Waals surface area contributed by atoms with Gasteiger partial charge in [0.15, 0.2) is 0 Å². The van der Waals surface area contributed by atoms with E-state index >= 15 is 0 Å². The van der Waals surface area contributed by atoms with Gasteiger partial charge in [0.1, 0.15) is 0 Å². The molecule has 1 aliphatic rings. The van der Waals surface area contributed by atoms with E-state index in [1.807, 2.05) is 0 Å². The van der Waals surface area contributed by atoms with E-state index in [1.165, 1.54) is 6.42 Å². The van der Waals surface area contributed by atoms with Crippen LogP contribution in [0.5, 0.6) is 0 Å². The molecule has 3 nitrogen and oxygen atoms in total. The molecule has 1 N–H and O–H groups in total. The standard InChI is InChI=1S/C12H25NO2/c1-10(2)15-8-7-13(3)11-5-4-6-12(14)9-11/h10-12,14H,4-9H2,1-3H3. The molecule has 0 aromatic rings. The number of aliphatic hydroxyl groups excluding tert-OH is 1. The lowest BCUT2D eigenvalue weighted by Gasteiger charge is -2.33. The molecule has 0 bridgehead atoms. The Labute approximate surface area is 93.4 Å². The maximum Gasteiger partial charge on any atom is 0.0596 e. The normalized spacial score (nSPS) is 27.6. The van der Waals surface area contributed by atoms with Gasteiger partial charge in [0, 0.05) is 12.6 Å². The molecule has 15 heavy (non-hydrogen) atoms. The average molecular weight is 215 g/mol. The minimum atomic E-state index is -0.0859. The molecule has 2 atom stereocenters. The quantitative estimate of drug-likeness (QED) is 0.757. The summed E-state index contributed by atoms with van der Waals surface area (Å²) in [6, 6.07) is 0.546. The lowest BCUT2D eigenvalue weighted by molar-refractivity contribution is 0.0335. The van der Waals surface area contributed by atoms with Crippen molar-refractivity contribution in [2.24, 2.45) is 0 Å². The van der Waals surface area contributed by atoms with Gasteiger partial charge in [0.25, 0.3) is 0 Å². The summed E-state index contributed by atoms with van der Waals surface area (Å²) in [5.74, 6) is 0. The molecule has 0 heterocycles. The lowest BCUT2D eigenvalue weighted by atomic mass is 9.92. The van der Waals surface area contributed by atoms with Crippen molar-refractivity contribution in [1.29, 1.82) is 0 Å². The van der Waals surface area contributed by atoms with Crippen LogP contribution in [0, 0.1) is 0 Å². The molecule has 0 spiro atoms. The van der Waals surface area contributed by atoms with Gasteiger partial charge in [-0.15, -0.1) is 0 Å². The van der Waals surface area contributed by atoms with Crippen LogP contribution in [0.2, 0.25) is 0 Å². The van der Waals surface area contributed by atoms with Crippen LogP contribution in [-0.4, -0.2) is 48.5 Å². The zero-order valence-electron chi connectivity index (χ0n) is 10.3. The van der Waals surface area contributed by atoms with E-state index in [0.29, 0.717) is 12.1 Å². The Morgan fingerprint density at radius 1 is 1.40 bits per heavy atom. The molecule has 2 unspecified atom stereocenters. The summed E-state index contributed by atoms with van der Waals surface area (Å²) in [4.78, 5) is 2.32. The van der Waals surface area contributed by atoms with Gasteiger partial charge < -0.3 is 14.7 Å². The van der Waals surface area contributed by atoms with E-state index in [-0.39, 0.29) is 6.10 Å². The highest BCUT2D eigenvalue weighted by atomic mass is 16.5. The molecule has 0 aromatic heterocycles. The fourth-order valence-corrected chi connectivity index (χ4v) is 2.15. The average Bonchev–Trinajstić information content (AvgIpc) is 2.17. The van der Waals surface area contributed by atoms with Crippen molar-refractivity contribution in [2.75, 3.05) is 20.2 Å². The van der Waals surface area contributed by atoms with Crippen LogP contribution in [0.3, 0.4) is 0 Å². The molecule has 1 aliphatic carbocycles. The monoisotopic (exact) mass is 215 g/mol. The van der Waals surface area contributed by atoms with Gasteiger partial charge in [-0.2, -0.15) is 0 Å². The summed E-state index contributed by atoms with van der Waals surface area (Å²) in [6.45, 7) is 5.88. The van der Waals surface area contributed by atoms with Crippen LogP contribution in [0.15, 0.2) is 0 Å². The predicted molar refractivity (Wildman–Crippen MR) is 62.0 cm³/mol. The van der Waals surface area contributed by atoms with Gasteiger partial charge in [-0.1, -0.05) is 0 Å². The number of nitrogens with zero attached hydrogens (tertiary/aromatic N) is 1. The topological polar surface area (TPSA) is 32.7 Å². The first kappa shape index (κ1) is 12.9. The van der Waals surface area contributed by atoms with Crippen LogP contribution in [0.1, 0.15) is 39.5 Å². The van der Waals surface area contributed by atoms with Gasteiger partial charge in [-0.05, 0) is 46.6 Å². The van der Waals surface area contributed by atoms with E-state index in [1.54, 1.807) is 0 Å². The Bertz CT molecular complexity index is 173. The van der Waals surface area contributed by atoms with Crippen molar-refractivity contribution < 1.29 is 9.84 Å². The molecule has 0 radical (unpaired) electrons. The second kappa shape index (κ2) is 6.46. The first-order chi connectivity index (χ1) is 7.09. The summed E-state index contributed by atoms with van der Waals surface area (Å²) in [5, 5.41) is 9.58. The third-order valence-corrected chi connectivity index (χ3v) is 3.14.